The number of aryl methyl sites for hydroxylation is 1. The summed E-state index contributed by atoms with van der Waals surface area (Å²) in [4.78, 5) is 30.5. The van der Waals surface area contributed by atoms with Crippen LogP contribution in [0.5, 0.6) is 0 Å². The Labute approximate surface area is 144 Å². The van der Waals surface area contributed by atoms with Gasteiger partial charge in [-0.2, -0.15) is 0 Å². The van der Waals surface area contributed by atoms with Crippen LogP contribution in [0.1, 0.15) is 26.6 Å². The van der Waals surface area contributed by atoms with Gasteiger partial charge in [-0.1, -0.05) is 23.7 Å². The lowest BCUT2D eigenvalue weighted by molar-refractivity contribution is 0.0701. The number of aromatic carboxylic acids is 1. The summed E-state index contributed by atoms with van der Waals surface area (Å²) < 4.78 is 13.2. The van der Waals surface area contributed by atoms with Gasteiger partial charge in [0.2, 0.25) is 0 Å². The van der Waals surface area contributed by atoms with Crippen molar-refractivity contribution >= 4 is 50.2 Å². The molecule has 0 fully saturated rings. The van der Waals surface area contributed by atoms with Gasteiger partial charge in [-0.05, 0) is 36.3 Å². The number of H-pyrrole nitrogens is 1. The zero-order valence-corrected chi connectivity index (χ0v) is 13.8. The van der Waals surface area contributed by atoms with Gasteiger partial charge in [-0.15, -0.1) is 11.3 Å². The van der Waals surface area contributed by atoms with Crippen molar-refractivity contribution < 1.29 is 14.3 Å². The second-order valence-corrected chi connectivity index (χ2v) is 6.41. The van der Waals surface area contributed by atoms with Crippen LogP contribution in [0.15, 0.2) is 29.1 Å². The molecule has 0 saturated heterocycles. The molecular weight excluding hydrogens is 355 g/mol. The molecule has 0 saturated carbocycles. The molecule has 1 aromatic carbocycles. The highest BCUT2D eigenvalue weighted by Crippen LogP contribution is 2.28. The lowest BCUT2D eigenvalue weighted by atomic mass is 10.2. The molecule has 5 nitrogen and oxygen atoms in total. The molecule has 122 valence electrons. The average molecular weight is 365 g/mol. The Balaban J connectivity index is 2.14. The van der Waals surface area contributed by atoms with Gasteiger partial charge in [-0.25, -0.2) is 14.2 Å². The fraction of sp³-hybridized carbons (Fsp3) is 0.0625. The van der Waals surface area contributed by atoms with Crippen LogP contribution in [0.2, 0.25) is 0 Å². The predicted octanol–water partition coefficient (Wildman–Crippen LogP) is 3.87. The smallest absolute Gasteiger partial charge is 0.346 e. The van der Waals surface area contributed by atoms with E-state index in [2.05, 4.69) is 9.97 Å². The number of nitrogens with zero attached hydrogens (tertiary/aromatic N) is 1. The number of fused-ring (bicyclic) bond motifs is 1. The Morgan fingerprint density at radius 2 is 2.21 bits per heavy atom. The molecule has 0 spiro atoms. The van der Waals surface area contributed by atoms with Crippen LogP contribution >= 0.6 is 22.9 Å². The van der Waals surface area contributed by atoms with Gasteiger partial charge in [0.1, 0.15) is 15.5 Å². The lowest BCUT2D eigenvalue weighted by Crippen LogP contribution is -2.10. The van der Waals surface area contributed by atoms with Crippen molar-refractivity contribution in [3.05, 3.63) is 62.3 Å². The lowest BCUT2D eigenvalue weighted by Gasteiger charge is -2.00. The number of halogens is 2. The van der Waals surface area contributed by atoms with Gasteiger partial charge in [0.05, 0.1) is 10.4 Å². The Bertz CT molecular complexity index is 1060. The molecule has 0 bridgehead atoms. The number of carboxylic acid groups (broad SMARTS) is 1. The van der Waals surface area contributed by atoms with Crippen LogP contribution in [-0.4, -0.2) is 21.0 Å². The summed E-state index contributed by atoms with van der Waals surface area (Å²) in [6, 6.07) is 5.78. The first-order chi connectivity index (χ1) is 11.4. The summed E-state index contributed by atoms with van der Waals surface area (Å²) in [7, 11) is 0. The van der Waals surface area contributed by atoms with Crippen LogP contribution in [0, 0.1) is 12.7 Å². The first-order valence-electron chi connectivity index (χ1n) is 6.76. The van der Waals surface area contributed by atoms with E-state index in [1.165, 1.54) is 24.3 Å². The number of benzene rings is 1. The first-order valence-corrected chi connectivity index (χ1v) is 7.96. The average Bonchev–Trinajstić information content (AvgIpc) is 2.85. The summed E-state index contributed by atoms with van der Waals surface area (Å²) in [6.45, 7) is 1.56. The van der Waals surface area contributed by atoms with E-state index in [1.807, 2.05) is 0 Å². The molecule has 2 aromatic heterocycles. The molecule has 2 N–H and O–H groups in total. The van der Waals surface area contributed by atoms with E-state index in [0.29, 0.717) is 11.1 Å². The molecule has 0 unspecified atom stereocenters. The maximum atomic E-state index is 13.2. The number of aromatic amines is 1. The molecule has 0 aliphatic heterocycles. The predicted molar refractivity (Wildman–Crippen MR) is 92.1 cm³/mol. The van der Waals surface area contributed by atoms with Gasteiger partial charge in [0, 0.05) is 0 Å². The van der Waals surface area contributed by atoms with Gasteiger partial charge in [0.15, 0.2) is 5.82 Å². The molecule has 0 aliphatic carbocycles. The number of carboxylic acids is 1. The maximum Gasteiger partial charge on any atom is 0.346 e. The molecule has 8 heteroatoms. The van der Waals surface area contributed by atoms with E-state index in [4.69, 9.17) is 16.7 Å². The van der Waals surface area contributed by atoms with Gasteiger partial charge in [0.25, 0.3) is 5.56 Å². The number of nitrogens with one attached hydrogen (secondary N) is 1. The second kappa shape index (κ2) is 6.18. The fourth-order valence-corrected chi connectivity index (χ4v) is 3.51. The number of carbonyl (C=O) groups is 1. The summed E-state index contributed by atoms with van der Waals surface area (Å²) in [5, 5.41) is 9.50. The highest BCUT2D eigenvalue weighted by Gasteiger charge is 2.19. The highest BCUT2D eigenvalue weighted by atomic mass is 35.5. The largest absolute Gasteiger partial charge is 0.477 e. The number of aromatic nitrogens is 2. The Kier molecular flexibility index (Phi) is 4.21. The third-order valence-corrected chi connectivity index (χ3v) is 4.82. The summed E-state index contributed by atoms with van der Waals surface area (Å²) >= 11 is 7.08. The summed E-state index contributed by atoms with van der Waals surface area (Å²) in [6.07, 6.45) is 1.47. The van der Waals surface area contributed by atoms with Crippen LogP contribution in [-0.2, 0) is 0 Å². The molecule has 0 radical (unpaired) electrons. The minimum atomic E-state index is -1.11. The van der Waals surface area contributed by atoms with Crippen molar-refractivity contribution in [2.45, 2.75) is 6.92 Å². The van der Waals surface area contributed by atoms with Crippen molar-refractivity contribution in [1.29, 1.82) is 0 Å². The highest BCUT2D eigenvalue weighted by molar-refractivity contribution is 7.20. The molecular formula is C16H10ClFN2O3S. The standard InChI is InChI=1S/C16H10ClFN2O3S/c1-7-11-14(21)19-13(20-15(11)24-12(7)16(22)23)10(17)6-8-3-2-4-9(18)5-8/h2-6H,1H3,(H,22,23)(H,19,20,21). The number of hydrogen-bond acceptors (Lipinski definition) is 4. The summed E-state index contributed by atoms with van der Waals surface area (Å²) in [5.74, 6) is -1.43. The van der Waals surface area contributed by atoms with E-state index in [1.54, 1.807) is 13.0 Å². The van der Waals surface area contributed by atoms with Crippen molar-refractivity contribution in [2.24, 2.45) is 0 Å². The quantitative estimate of drug-likeness (QED) is 0.739. The van der Waals surface area contributed by atoms with E-state index in [-0.39, 0.29) is 26.0 Å². The van der Waals surface area contributed by atoms with Crippen LogP contribution in [0.4, 0.5) is 4.39 Å². The van der Waals surface area contributed by atoms with Crippen molar-refractivity contribution in [3.63, 3.8) is 0 Å². The molecule has 0 amide bonds. The van der Waals surface area contributed by atoms with Crippen LogP contribution < -0.4 is 5.56 Å². The fourth-order valence-electron chi connectivity index (χ4n) is 2.27. The van der Waals surface area contributed by atoms with Gasteiger partial charge in [-0.3, -0.25) is 4.79 Å². The third-order valence-electron chi connectivity index (χ3n) is 3.36. The Morgan fingerprint density at radius 3 is 2.88 bits per heavy atom. The SMILES string of the molecule is Cc1c(C(=O)O)sc2nc(C(Cl)=Cc3cccc(F)c3)[nH]c(=O)c12. The zero-order chi connectivity index (χ0) is 17.4. The van der Waals surface area contributed by atoms with E-state index in [9.17, 15) is 14.0 Å². The van der Waals surface area contributed by atoms with Crippen LogP contribution in [0.25, 0.3) is 21.3 Å². The van der Waals surface area contributed by atoms with Crippen molar-refractivity contribution in [1.82, 2.24) is 9.97 Å². The monoisotopic (exact) mass is 364 g/mol. The number of rotatable bonds is 3. The minimum Gasteiger partial charge on any atom is -0.477 e. The van der Waals surface area contributed by atoms with E-state index in [0.717, 1.165) is 11.3 Å². The van der Waals surface area contributed by atoms with Gasteiger partial charge >= 0.3 is 5.97 Å². The van der Waals surface area contributed by atoms with E-state index >= 15 is 0 Å². The normalized spacial score (nSPS) is 11.9. The molecule has 3 rings (SSSR count). The van der Waals surface area contributed by atoms with Gasteiger partial charge < -0.3 is 10.1 Å². The first kappa shape index (κ1) is 16.4. The zero-order valence-electron chi connectivity index (χ0n) is 12.3. The van der Waals surface area contributed by atoms with E-state index < -0.39 is 17.3 Å². The Morgan fingerprint density at radius 1 is 1.46 bits per heavy atom. The minimum absolute atomic E-state index is 0.0605. The number of hydrogen-bond donors (Lipinski definition) is 2. The number of thiophene rings is 1. The Hall–Kier alpha value is -2.51. The van der Waals surface area contributed by atoms with Crippen LogP contribution in [0.3, 0.4) is 0 Å². The molecule has 0 aliphatic rings. The topological polar surface area (TPSA) is 83.0 Å². The van der Waals surface area contributed by atoms with Crippen molar-refractivity contribution in [2.75, 3.05) is 0 Å². The molecule has 3 aromatic rings. The molecule has 0 atom stereocenters. The molecule has 2 heterocycles. The summed E-state index contributed by atoms with van der Waals surface area (Å²) in [5.41, 5.74) is 0.409. The molecule has 24 heavy (non-hydrogen) atoms. The second-order valence-electron chi connectivity index (χ2n) is 5.00. The third kappa shape index (κ3) is 2.95. The van der Waals surface area contributed by atoms with Crippen molar-refractivity contribution in [3.8, 4) is 0 Å². The maximum absolute atomic E-state index is 13.2.